The van der Waals surface area contributed by atoms with E-state index in [9.17, 15) is 0 Å². The highest BCUT2D eigenvalue weighted by Gasteiger charge is 2.66. The van der Waals surface area contributed by atoms with Gasteiger partial charge in [0.25, 0.3) is 0 Å². The highest BCUT2D eigenvalue weighted by Crippen LogP contribution is 2.70. The minimum Gasteiger partial charge on any atom is -0.393 e. The Balaban J connectivity index is 1.80. The quantitative estimate of drug-likeness (QED) is 0.598. The SMILES string of the molecule is CCCC1(Cl)C2CC3(C(N)=S)CC1CC(c1ccccc1)(C2)C3. The molecule has 1 nitrogen and oxygen atoms in total. The number of halogens is 1. The van der Waals surface area contributed by atoms with Crippen LogP contribution in [0.3, 0.4) is 0 Å². The van der Waals surface area contributed by atoms with Gasteiger partial charge in [-0.15, -0.1) is 11.6 Å². The van der Waals surface area contributed by atoms with Gasteiger partial charge in [0.2, 0.25) is 0 Å². The minimum atomic E-state index is -0.0261. The molecule has 3 heteroatoms. The van der Waals surface area contributed by atoms with Crippen molar-refractivity contribution in [2.45, 2.75) is 62.2 Å². The summed E-state index contributed by atoms with van der Waals surface area (Å²) in [5.41, 5.74) is 8.04. The normalized spacial score (nSPS) is 44.4. The van der Waals surface area contributed by atoms with Crippen LogP contribution >= 0.6 is 23.8 Å². The van der Waals surface area contributed by atoms with Gasteiger partial charge in [-0.05, 0) is 61.3 Å². The van der Waals surface area contributed by atoms with Crippen LogP contribution < -0.4 is 5.73 Å². The smallest absolute Gasteiger partial charge is 0.0790 e. The molecule has 0 spiro atoms. The molecule has 4 fully saturated rings. The van der Waals surface area contributed by atoms with Crippen molar-refractivity contribution in [1.29, 1.82) is 0 Å². The Bertz CT molecular complexity index is 610. The van der Waals surface area contributed by atoms with Crippen LogP contribution in [0.4, 0.5) is 0 Å². The molecule has 0 amide bonds. The molecule has 0 heterocycles. The summed E-state index contributed by atoms with van der Waals surface area (Å²) in [6.45, 7) is 2.26. The Morgan fingerprint density at radius 3 is 2.30 bits per heavy atom. The summed E-state index contributed by atoms with van der Waals surface area (Å²) >= 11 is 12.8. The minimum absolute atomic E-state index is 0.0261. The third kappa shape index (κ3) is 2.14. The molecule has 5 rings (SSSR count). The summed E-state index contributed by atoms with van der Waals surface area (Å²) in [4.78, 5) is 0.712. The molecule has 4 aliphatic carbocycles. The third-order valence-corrected chi connectivity index (χ3v) is 8.36. The van der Waals surface area contributed by atoms with Crippen molar-refractivity contribution in [3.63, 3.8) is 0 Å². The maximum absolute atomic E-state index is 7.26. The monoisotopic (exact) mass is 347 g/mol. The van der Waals surface area contributed by atoms with Crippen LogP contribution in [0.15, 0.2) is 30.3 Å². The average molecular weight is 348 g/mol. The maximum Gasteiger partial charge on any atom is 0.0790 e. The molecule has 2 unspecified atom stereocenters. The molecule has 0 saturated heterocycles. The van der Waals surface area contributed by atoms with E-state index in [1.54, 1.807) is 0 Å². The molecule has 2 N–H and O–H groups in total. The topological polar surface area (TPSA) is 26.0 Å². The molecule has 1 aromatic carbocycles. The van der Waals surface area contributed by atoms with Crippen molar-refractivity contribution >= 4 is 28.8 Å². The standard InChI is InChI=1S/C20H26ClNS/c1-2-8-20(21)15-9-18(14-6-4-3-5-7-14)10-16(20)12-19(11-15,13-18)17(22)23/h3-7,15-16H,2,8-13H2,1H3,(H2,22,23). The molecular formula is C20H26ClNS. The first-order valence-electron chi connectivity index (χ1n) is 8.98. The summed E-state index contributed by atoms with van der Waals surface area (Å²) in [6.07, 6.45) is 8.05. The molecule has 23 heavy (non-hydrogen) atoms. The lowest BCUT2D eigenvalue weighted by molar-refractivity contribution is -0.0692. The molecule has 4 saturated carbocycles. The van der Waals surface area contributed by atoms with E-state index in [1.807, 2.05) is 0 Å². The zero-order valence-corrected chi connectivity index (χ0v) is 15.4. The fourth-order valence-corrected chi connectivity index (χ4v) is 7.09. The molecule has 4 aliphatic rings. The van der Waals surface area contributed by atoms with Crippen LogP contribution in [0.2, 0.25) is 0 Å². The summed E-state index contributed by atoms with van der Waals surface area (Å²) < 4.78 is 0. The van der Waals surface area contributed by atoms with E-state index in [0.29, 0.717) is 11.8 Å². The highest BCUT2D eigenvalue weighted by atomic mass is 35.5. The Kier molecular flexibility index (Phi) is 3.59. The predicted molar refractivity (Wildman–Crippen MR) is 101 cm³/mol. The van der Waals surface area contributed by atoms with Crippen LogP contribution in [0.1, 0.15) is 57.4 Å². The van der Waals surface area contributed by atoms with Crippen LogP contribution in [0, 0.1) is 17.3 Å². The van der Waals surface area contributed by atoms with Crippen LogP contribution in [-0.4, -0.2) is 9.86 Å². The van der Waals surface area contributed by atoms with Gasteiger partial charge in [-0.2, -0.15) is 0 Å². The Morgan fingerprint density at radius 1 is 1.17 bits per heavy atom. The molecule has 124 valence electrons. The van der Waals surface area contributed by atoms with Crippen LogP contribution in [0.5, 0.6) is 0 Å². The number of hydrogen-bond acceptors (Lipinski definition) is 1. The lowest BCUT2D eigenvalue weighted by atomic mass is 9.39. The second-order valence-electron chi connectivity index (χ2n) is 8.35. The van der Waals surface area contributed by atoms with Gasteiger partial charge in [-0.25, -0.2) is 0 Å². The number of alkyl halides is 1. The van der Waals surface area contributed by atoms with E-state index < -0.39 is 0 Å². The zero-order chi connectivity index (χ0) is 16.3. The van der Waals surface area contributed by atoms with Gasteiger partial charge in [0, 0.05) is 5.41 Å². The van der Waals surface area contributed by atoms with Gasteiger partial charge in [0.05, 0.1) is 9.86 Å². The first-order valence-corrected chi connectivity index (χ1v) is 9.77. The van der Waals surface area contributed by atoms with Crippen molar-refractivity contribution in [3.8, 4) is 0 Å². The summed E-state index contributed by atoms with van der Waals surface area (Å²) in [5.74, 6) is 1.10. The average Bonchev–Trinajstić information content (AvgIpc) is 2.53. The van der Waals surface area contributed by atoms with Gasteiger partial charge in [-0.3, -0.25) is 0 Å². The second kappa shape index (κ2) is 5.20. The Hall–Kier alpha value is -0.600. The van der Waals surface area contributed by atoms with Gasteiger partial charge >= 0.3 is 0 Å². The Labute approximate surface area is 150 Å². The first-order chi connectivity index (χ1) is 10.9. The summed E-state index contributed by atoms with van der Waals surface area (Å²) in [5, 5.41) is 0. The van der Waals surface area contributed by atoms with Crippen molar-refractivity contribution in [3.05, 3.63) is 35.9 Å². The Morgan fingerprint density at radius 2 is 1.78 bits per heavy atom. The maximum atomic E-state index is 7.26. The number of benzene rings is 1. The lowest BCUT2D eigenvalue weighted by Gasteiger charge is -2.67. The molecule has 0 radical (unpaired) electrons. The first kappa shape index (κ1) is 15.9. The van der Waals surface area contributed by atoms with Crippen molar-refractivity contribution in [1.82, 2.24) is 0 Å². The number of thiocarbonyl (C=S) groups is 1. The molecule has 2 atom stereocenters. The number of nitrogens with two attached hydrogens (primary N) is 1. The van der Waals surface area contributed by atoms with E-state index in [1.165, 1.54) is 18.4 Å². The predicted octanol–water partition coefficient (Wildman–Crippen LogP) is 5.20. The fraction of sp³-hybridized carbons (Fsp3) is 0.650. The van der Waals surface area contributed by atoms with E-state index in [2.05, 4.69) is 37.3 Å². The molecule has 1 aromatic rings. The second-order valence-corrected chi connectivity index (χ2v) is 9.50. The summed E-state index contributed by atoms with van der Waals surface area (Å²) in [6, 6.07) is 11.0. The van der Waals surface area contributed by atoms with Gasteiger partial charge in [-0.1, -0.05) is 55.9 Å². The molecule has 4 bridgehead atoms. The number of rotatable bonds is 4. The van der Waals surface area contributed by atoms with Gasteiger partial charge in [0.1, 0.15) is 0 Å². The van der Waals surface area contributed by atoms with Crippen LogP contribution in [-0.2, 0) is 5.41 Å². The van der Waals surface area contributed by atoms with Crippen molar-refractivity contribution in [2.75, 3.05) is 0 Å². The van der Waals surface area contributed by atoms with E-state index in [-0.39, 0.29) is 15.7 Å². The fourth-order valence-electron chi connectivity index (χ4n) is 6.36. The number of hydrogen-bond donors (Lipinski definition) is 1. The molecule has 0 aromatic heterocycles. The van der Waals surface area contributed by atoms with Crippen molar-refractivity contribution in [2.24, 2.45) is 23.0 Å². The highest BCUT2D eigenvalue weighted by molar-refractivity contribution is 7.80. The lowest BCUT2D eigenvalue weighted by Crippen LogP contribution is -2.65. The molecule has 0 aliphatic heterocycles. The summed E-state index contributed by atoms with van der Waals surface area (Å²) in [7, 11) is 0. The van der Waals surface area contributed by atoms with Crippen LogP contribution in [0.25, 0.3) is 0 Å². The van der Waals surface area contributed by atoms with E-state index >= 15 is 0 Å². The van der Waals surface area contributed by atoms with E-state index in [0.717, 1.165) is 37.1 Å². The zero-order valence-electron chi connectivity index (χ0n) is 13.9. The largest absolute Gasteiger partial charge is 0.393 e. The van der Waals surface area contributed by atoms with Crippen molar-refractivity contribution < 1.29 is 0 Å². The van der Waals surface area contributed by atoms with E-state index in [4.69, 9.17) is 29.6 Å². The third-order valence-electron chi connectivity index (χ3n) is 7.12. The van der Waals surface area contributed by atoms with Gasteiger partial charge in [0.15, 0.2) is 0 Å². The van der Waals surface area contributed by atoms with Gasteiger partial charge < -0.3 is 5.73 Å². The molecular weight excluding hydrogens is 322 g/mol.